The summed E-state index contributed by atoms with van der Waals surface area (Å²) >= 11 is 0. The first-order valence-electron chi connectivity index (χ1n) is 6.91. The highest BCUT2D eigenvalue weighted by atomic mass is 16.3. The number of aliphatic hydroxyl groups is 1. The van der Waals surface area contributed by atoms with E-state index in [0.29, 0.717) is 12.5 Å². The Bertz CT molecular complexity index is 566. The minimum Gasteiger partial charge on any atom is -0.396 e. The Balaban J connectivity index is 2.06. The first kappa shape index (κ1) is 12.6. The monoisotopic (exact) mass is 260 g/mol. The number of hydrogen-bond donors (Lipinski definition) is 1. The van der Waals surface area contributed by atoms with E-state index in [9.17, 15) is 5.11 Å². The Morgan fingerprint density at radius 1 is 1.47 bits per heavy atom. The molecule has 1 N–H and O–H groups in total. The first-order valence-corrected chi connectivity index (χ1v) is 6.91. The molecule has 5 heteroatoms. The van der Waals surface area contributed by atoms with Gasteiger partial charge in [0.15, 0.2) is 5.65 Å². The molecule has 2 aromatic heterocycles. The van der Waals surface area contributed by atoms with Gasteiger partial charge in [0, 0.05) is 25.2 Å². The summed E-state index contributed by atoms with van der Waals surface area (Å²) in [4.78, 5) is 11.5. The van der Waals surface area contributed by atoms with Crippen molar-refractivity contribution in [1.82, 2.24) is 19.4 Å². The maximum absolute atomic E-state index is 9.24. The number of hydrogen-bond acceptors (Lipinski definition) is 4. The normalized spacial score (nSPS) is 21.1. The third-order valence-electron chi connectivity index (χ3n) is 3.82. The lowest BCUT2D eigenvalue weighted by molar-refractivity contribution is 0.209. The second kappa shape index (κ2) is 5.27. The van der Waals surface area contributed by atoms with Crippen molar-refractivity contribution in [2.45, 2.75) is 25.3 Å². The summed E-state index contributed by atoms with van der Waals surface area (Å²) in [6, 6.07) is 4.32. The molecule has 1 unspecified atom stereocenters. The van der Waals surface area contributed by atoms with Crippen molar-refractivity contribution < 1.29 is 5.11 Å². The molecular formula is C14H20N4O. The number of nitrogens with zero attached hydrogens (tertiary/aromatic N) is 4. The number of pyridine rings is 1. The van der Waals surface area contributed by atoms with E-state index in [4.69, 9.17) is 0 Å². The lowest BCUT2D eigenvalue weighted by Gasteiger charge is -2.31. The van der Waals surface area contributed by atoms with Gasteiger partial charge in [-0.3, -0.25) is 0 Å². The van der Waals surface area contributed by atoms with Crippen molar-refractivity contribution in [1.29, 1.82) is 0 Å². The van der Waals surface area contributed by atoms with Gasteiger partial charge in [0.05, 0.1) is 6.61 Å². The van der Waals surface area contributed by atoms with Crippen molar-refractivity contribution in [2.75, 3.05) is 26.7 Å². The zero-order valence-corrected chi connectivity index (χ0v) is 11.3. The second-order valence-electron chi connectivity index (χ2n) is 5.28. The van der Waals surface area contributed by atoms with Gasteiger partial charge in [-0.2, -0.15) is 0 Å². The van der Waals surface area contributed by atoms with Crippen LogP contribution in [0.1, 0.15) is 24.7 Å². The summed E-state index contributed by atoms with van der Waals surface area (Å²) in [5, 5.41) is 9.24. The van der Waals surface area contributed by atoms with Crippen LogP contribution in [0.25, 0.3) is 11.2 Å². The molecule has 0 aromatic carbocycles. The molecule has 0 bridgehead atoms. The van der Waals surface area contributed by atoms with Crippen molar-refractivity contribution >= 4 is 11.2 Å². The molecule has 0 amide bonds. The summed E-state index contributed by atoms with van der Waals surface area (Å²) in [5.41, 5.74) is 1.88. The quantitative estimate of drug-likeness (QED) is 0.902. The van der Waals surface area contributed by atoms with Crippen LogP contribution >= 0.6 is 0 Å². The van der Waals surface area contributed by atoms with Gasteiger partial charge in [-0.1, -0.05) is 0 Å². The molecule has 0 radical (unpaired) electrons. The van der Waals surface area contributed by atoms with E-state index in [1.165, 1.54) is 6.42 Å². The van der Waals surface area contributed by atoms with Crippen LogP contribution in [0.15, 0.2) is 18.3 Å². The molecule has 3 heterocycles. The van der Waals surface area contributed by atoms with Crippen molar-refractivity contribution in [3.63, 3.8) is 0 Å². The molecule has 1 atom stereocenters. The molecule has 0 aliphatic carbocycles. The largest absolute Gasteiger partial charge is 0.396 e. The lowest BCUT2D eigenvalue weighted by atomic mass is 10.1. The Labute approximate surface area is 112 Å². The average Bonchev–Trinajstić information content (AvgIpc) is 2.77. The highest BCUT2D eigenvalue weighted by Crippen LogP contribution is 2.26. The molecule has 0 saturated carbocycles. The van der Waals surface area contributed by atoms with E-state index in [1.54, 1.807) is 0 Å². The van der Waals surface area contributed by atoms with E-state index in [-0.39, 0.29) is 6.61 Å². The molecule has 1 fully saturated rings. The van der Waals surface area contributed by atoms with Crippen molar-refractivity contribution in [3.05, 3.63) is 24.2 Å². The Morgan fingerprint density at radius 2 is 2.37 bits per heavy atom. The minimum absolute atomic E-state index is 0.131. The zero-order valence-electron chi connectivity index (χ0n) is 11.3. The van der Waals surface area contributed by atoms with E-state index in [1.807, 2.05) is 18.3 Å². The first-order chi connectivity index (χ1) is 9.29. The molecule has 0 spiro atoms. The third kappa shape index (κ3) is 2.35. The van der Waals surface area contributed by atoms with Gasteiger partial charge in [0.25, 0.3) is 0 Å². The fourth-order valence-electron chi connectivity index (χ4n) is 2.99. The fourth-order valence-corrected chi connectivity index (χ4v) is 2.99. The van der Waals surface area contributed by atoms with Crippen molar-refractivity contribution in [2.24, 2.45) is 0 Å². The van der Waals surface area contributed by atoms with Crippen LogP contribution in [-0.4, -0.2) is 51.3 Å². The van der Waals surface area contributed by atoms with Gasteiger partial charge < -0.3 is 14.6 Å². The average molecular weight is 260 g/mol. The summed E-state index contributed by atoms with van der Waals surface area (Å²) in [6.07, 6.45) is 4.77. The van der Waals surface area contributed by atoms with Gasteiger partial charge >= 0.3 is 0 Å². The Hall–Kier alpha value is -1.46. The predicted molar refractivity (Wildman–Crippen MR) is 74.1 cm³/mol. The Kier molecular flexibility index (Phi) is 3.48. The number of imidazole rings is 1. The van der Waals surface area contributed by atoms with Crippen LogP contribution in [0.4, 0.5) is 0 Å². The van der Waals surface area contributed by atoms with E-state index in [0.717, 1.165) is 36.5 Å². The van der Waals surface area contributed by atoms with Crippen LogP contribution in [0.3, 0.4) is 0 Å². The molecule has 1 aliphatic rings. The number of likely N-dealkylation sites (N-methyl/N-ethyl adjacent to an activating group) is 1. The smallest absolute Gasteiger partial charge is 0.160 e. The van der Waals surface area contributed by atoms with Crippen molar-refractivity contribution in [3.8, 4) is 0 Å². The topological polar surface area (TPSA) is 54.2 Å². The number of fused-ring (bicyclic) bond motifs is 1. The van der Waals surface area contributed by atoms with E-state index >= 15 is 0 Å². The van der Waals surface area contributed by atoms with E-state index in [2.05, 4.69) is 26.5 Å². The molecule has 5 nitrogen and oxygen atoms in total. The SMILES string of the molecule is CN1CCCC(n2c(CCO)nc3cccnc32)C1. The minimum atomic E-state index is 0.131. The van der Waals surface area contributed by atoms with Crippen LogP contribution in [-0.2, 0) is 6.42 Å². The number of rotatable bonds is 3. The molecule has 2 aromatic rings. The molecule has 1 saturated heterocycles. The zero-order chi connectivity index (χ0) is 13.2. The fraction of sp³-hybridized carbons (Fsp3) is 0.571. The third-order valence-corrected chi connectivity index (χ3v) is 3.82. The molecular weight excluding hydrogens is 240 g/mol. The summed E-state index contributed by atoms with van der Waals surface area (Å²) in [7, 11) is 2.16. The highest BCUT2D eigenvalue weighted by Gasteiger charge is 2.23. The number of aromatic nitrogens is 3. The predicted octanol–water partition coefficient (Wildman–Crippen LogP) is 1.23. The molecule has 19 heavy (non-hydrogen) atoms. The van der Waals surface area contributed by atoms with Gasteiger partial charge in [0.2, 0.25) is 0 Å². The Morgan fingerprint density at radius 3 is 3.16 bits per heavy atom. The van der Waals surface area contributed by atoms with Gasteiger partial charge in [-0.25, -0.2) is 9.97 Å². The van der Waals surface area contributed by atoms with Crippen LogP contribution < -0.4 is 0 Å². The van der Waals surface area contributed by atoms with E-state index < -0.39 is 0 Å². The molecule has 102 valence electrons. The standard InChI is InChI=1S/C14H20N4O/c1-17-8-3-4-11(10-17)18-13(6-9-19)16-12-5-2-7-15-14(12)18/h2,5,7,11,19H,3-4,6,8-10H2,1H3. The number of piperidine rings is 1. The highest BCUT2D eigenvalue weighted by molar-refractivity contribution is 5.71. The maximum Gasteiger partial charge on any atom is 0.160 e. The number of likely N-dealkylation sites (tertiary alicyclic amines) is 1. The van der Waals surface area contributed by atoms with Crippen LogP contribution in [0, 0.1) is 0 Å². The van der Waals surface area contributed by atoms with Crippen LogP contribution in [0.2, 0.25) is 0 Å². The molecule has 3 rings (SSSR count). The summed E-state index contributed by atoms with van der Waals surface area (Å²) < 4.78 is 2.24. The van der Waals surface area contributed by atoms with Gasteiger partial charge in [-0.05, 0) is 38.6 Å². The summed E-state index contributed by atoms with van der Waals surface area (Å²) in [6.45, 7) is 2.32. The maximum atomic E-state index is 9.24. The summed E-state index contributed by atoms with van der Waals surface area (Å²) in [5.74, 6) is 0.955. The molecule has 1 aliphatic heterocycles. The lowest BCUT2D eigenvalue weighted by Crippen LogP contribution is -2.34. The van der Waals surface area contributed by atoms with Gasteiger partial charge in [0.1, 0.15) is 11.3 Å². The van der Waals surface area contributed by atoms with Gasteiger partial charge in [-0.15, -0.1) is 0 Å². The second-order valence-corrected chi connectivity index (χ2v) is 5.28. The number of aliphatic hydroxyl groups excluding tert-OH is 1. The van der Waals surface area contributed by atoms with Crippen LogP contribution in [0.5, 0.6) is 0 Å².